The predicted molar refractivity (Wildman–Crippen MR) is 96.4 cm³/mol. The monoisotopic (exact) mass is 334 g/mol. The second-order valence-electron chi connectivity index (χ2n) is 5.93. The van der Waals surface area contributed by atoms with Gasteiger partial charge in [0.2, 0.25) is 5.88 Å². The van der Waals surface area contributed by atoms with Crippen molar-refractivity contribution in [2.75, 3.05) is 32.9 Å². The van der Waals surface area contributed by atoms with E-state index in [1.807, 2.05) is 25.3 Å². The molecule has 1 fully saturated rings. The van der Waals surface area contributed by atoms with Crippen LogP contribution in [0.5, 0.6) is 5.88 Å². The summed E-state index contributed by atoms with van der Waals surface area (Å²) in [5.74, 6) is 2.27. The molecule has 0 aliphatic heterocycles. The zero-order valence-corrected chi connectivity index (χ0v) is 14.9. The van der Waals surface area contributed by atoms with Gasteiger partial charge < -0.3 is 20.1 Å². The molecule has 0 bridgehead atoms. The van der Waals surface area contributed by atoms with Gasteiger partial charge in [0.15, 0.2) is 5.96 Å². The molecule has 0 aromatic carbocycles. The normalized spacial score (nSPS) is 14.5. The highest BCUT2D eigenvalue weighted by molar-refractivity contribution is 5.79. The minimum Gasteiger partial charge on any atom is -0.477 e. The zero-order chi connectivity index (χ0) is 17.0. The summed E-state index contributed by atoms with van der Waals surface area (Å²) >= 11 is 0. The predicted octanol–water partition coefficient (Wildman–Crippen LogP) is 2.35. The number of nitrogens with one attached hydrogen (secondary N) is 2. The lowest BCUT2D eigenvalue weighted by Gasteiger charge is -2.11. The number of ether oxygens (including phenoxy) is 2. The molecule has 0 saturated heterocycles. The minimum absolute atomic E-state index is 0.594. The number of nitrogens with zero attached hydrogens (tertiary/aromatic N) is 2. The van der Waals surface area contributed by atoms with Gasteiger partial charge in [0.1, 0.15) is 0 Å². The topological polar surface area (TPSA) is 67.8 Å². The molecule has 1 aliphatic carbocycles. The van der Waals surface area contributed by atoms with E-state index < -0.39 is 0 Å². The number of rotatable bonds is 11. The first kappa shape index (κ1) is 18.5. The van der Waals surface area contributed by atoms with E-state index in [1.54, 1.807) is 0 Å². The number of hydrogen-bond acceptors (Lipinski definition) is 4. The highest BCUT2D eigenvalue weighted by Crippen LogP contribution is 2.29. The third kappa shape index (κ3) is 7.64. The molecule has 1 saturated carbocycles. The van der Waals surface area contributed by atoms with Crippen molar-refractivity contribution >= 4 is 5.96 Å². The summed E-state index contributed by atoms with van der Waals surface area (Å²) in [5, 5.41) is 6.56. The molecule has 0 atom stereocenters. The Morgan fingerprint density at radius 2 is 2.17 bits per heavy atom. The fraction of sp³-hybridized carbons (Fsp3) is 0.667. The van der Waals surface area contributed by atoms with Gasteiger partial charge in [0.25, 0.3) is 0 Å². The molecule has 24 heavy (non-hydrogen) atoms. The first-order valence-corrected chi connectivity index (χ1v) is 8.99. The van der Waals surface area contributed by atoms with Gasteiger partial charge in [-0.1, -0.05) is 6.07 Å². The van der Waals surface area contributed by atoms with E-state index in [-0.39, 0.29) is 0 Å². The van der Waals surface area contributed by atoms with Crippen LogP contribution in [0.1, 0.15) is 38.7 Å². The highest BCUT2D eigenvalue weighted by atomic mass is 16.5. The largest absolute Gasteiger partial charge is 0.477 e. The van der Waals surface area contributed by atoms with Crippen LogP contribution >= 0.6 is 0 Å². The number of aromatic nitrogens is 1. The molecule has 1 aliphatic rings. The zero-order valence-electron chi connectivity index (χ0n) is 14.9. The summed E-state index contributed by atoms with van der Waals surface area (Å²) in [6, 6.07) is 3.95. The Bertz CT molecular complexity index is 486. The van der Waals surface area contributed by atoms with E-state index >= 15 is 0 Å². The van der Waals surface area contributed by atoms with Gasteiger partial charge in [-0.15, -0.1) is 0 Å². The second kappa shape index (κ2) is 10.9. The highest BCUT2D eigenvalue weighted by Gasteiger charge is 2.21. The quantitative estimate of drug-likeness (QED) is 0.369. The number of guanidine groups is 1. The Balaban J connectivity index is 1.74. The van der Waals surface area contributed by atoms with E-state index in [1.165, 1.54) is 12.8 Å². The Labute approximate surface area is 145 Å². The summed E-state index contributed by atoms with van der Waals surface area (Å²) in [5.41, 5.74) is 1.07. The van der Waals surface area contributed by atoms with Crippen LogP contribution in [0.4, 0.5) is 0 Å². The van der Waals surface area contributed by atoms with Gasteiger partial charge >= 0.3 is 0 Å². The first-order chi connectivity index (χ1) is 11.8. The molecule has 1 heterocycles. The Morgan fingerprint density at radius 1 is 1.29 bits per heavy atom. The summed E-state index contributed by atoms with van der Waals surface area (Å²) < 4.78 is 11.0. The SMILES string of the molecule is CCNC(=NCc1ccc(OCC2CC2)nc1)NCCCOCC. The molecule has 1 aromatic heterocycles. The van der Waals surface area contributed by atoms with Crippen LogP contribution in [0.15, 0.2) is 23.3 Å². The van der Waals surface area contributed by atoms with Gasteiger partial charge in [-0.05, 0) is 44.6 Å². The van der Waals surface area contributed by atoms with Crippen molar-refractivity contribution in [2.45, 2.75) is 39.7 Å². The van der Waals surface area contributed by atoms with Crippen molar-refractivity contribution in [1.29, 1.82) is 0 Å². The molecular formula is C18H30N4O2. The smallest absolute Gasteiger partial charge is 0.213 e. The maximum Gasteiger partial charge on any atom is 0.213 e. The lowest BCUT2D eigenvalue weighted by molar-refractivity contribution is 0.145. The van der Waals surface area contributed by atoms with E-state index in [2.05, 4.69) is 27.5 Å². The van der Waals surface area contributed by atoms with Crippen LogP contribution in [-0.4, -0.2) is 43.9 Å². The van der Waals surface area contributed by atoms with Gasteiger partial charge in [-0.2, -0.15) is 0 Å². The Hall–Kier alpha value is -1.82. The van der Waals surface area contributed by atoms with Crippen molar-refractivity contribution in [3.63, 3.8) is 0 Å². The van der Waals surface area contributed by atoms with Crippen molar-refractivity contribution in [1.82, 2.24) is 15.6 Å². The van der Waals surface area contributed by atoms with Gasteiger partial charge in [0.05, 0.1) is 13.2 Å². The van der Waals surface area contributed by atoms with E-state index in [4.69, 9.17) is 9.47 Å². The molecule has 6 nitrogen and oxygen atoms in total. The summed E-state index contributed by atoms with van der Waals surface area (Å²) in [7, 11) is 0. The molecule has 0 radical (unpaired) electrons. The summed E-state index contributed by atoms with van der Waals surface area (Å²) in [6.45, 7) is 8.68. The summed E-state index contributed by atoms with van der Waals surface area (Å²) in [4.78, 5) is 8.94. The molecular weight excluding hydrogens is 304 g/mol. The molecule has 2 N–H and O–H groups in total. The molecule has 1 aromatic rings. The van der Waals surface area contributed by atoms with Crippen LogP contribution < -0.4 is 15.4 Å². The molecule has 0 spiro atoms. The second-order valence-corrected chi connectivity index (χ2v) is 5.93. The molecule has 0 amide bonds. The number of hydrogen-bond donors (Lipinski definition) is 2. The Morgan fingerprint density at radius 3 is 2.83 bits per heavy atom. The van der Waals surface area contributed by atoms with Gasteiger partial charge in [-0.3, -0.25) is 0 Å². The van der Waals surface area contributed by atoms with Gasteiger partial charge in [-0.25, -0.2) is 9.98 Å². The molecule has 0 unspecified atom stereocenters. The molecule has 6 heteroatoms. The molecule has 134 valence electrons. The Kier molecular flexibility index (Phi) is 8.38. The van der Waals surface area contributed by atoms with Crippen LogP contribution in [0.25, 0.3) is 0 Å². The summed E-state index contributed by atoms with van der Waals surface area (Å²) in [6.07, 6.45) is 5.38. The van der Waals surface area contributed by atoms with E-state index in [0.717, 1.165) is 56.8 Å². The average molecular weight is 334 g/mol. The standard InChI is InChI=1S/C18H30N4O2/c1-3-19-18(20-10-5-11-23-4-2)22-13-16-8-9-17(21-12-16)24-14-15-6-7-15/h8-9,12,15H,3-7,10-11,13-14H2,1-2H3,(H2,19,20,22). The van der Waals surface area contributed by atoms with Crippen molar-refractivity contribution in [3.8, 4) is 5.88 Å². The van der Waals surface area contributed by atoms with E-state index in [9.17, 15) is 0 Å². The third-order valence-electron chi connectivity index (χ3n) is 3.69. The van der Waals surface area contributed by atoms with Gasteiger partial charge in [0, 0.05) is 38.6 Å². The van der Waals surface area contributed by atoms with E-state index in [0.29, 0.717) is 12.4 Å². The van der Waals surface area contributed by atoms with Crippen molar-refractivity contribution in [3.05, 3.63) is 23.9 Å². The fourth-order valence-electron chi connectivity index (χ4n) is 2.12. The minimum atomic E-state index is 0.594. The lowest BCUT2D eigenvalue weighted by Crippen LogP contribution is -2.38. The fourth-order valence-corrected chi connectivity index (χ4v) is 2.12. The average Bonchev–Trinajstić information content (AvgIpc) is 3.43. The van der Waals surface area contributed by atoms with Crippen molar-refractivity contribution < 1.29 is 9.47 Å². The van der Waals surface area contributed by atoms with Crippen molar-refractivity contribution in [2.24, 2.45) is 10.9 Å². The third-order valence-corrected chi connectivity index (χ3v) is 3.69. The van der Waals surface area contributed by atoms with Crippen LogP contribution in [-0.2, 0) is 11.3 Å². The van der Waals surface area contributed by atoms with Crippen LogP contribution in [0, 0.1) is 5.92 Å². The van der Waals surface area contributed by atoms with Crippen LogP contribution in [0.3, 0.4) is 0 Å². The lowest BCUT2D eigenvalue weighted by atomic mass is 10.3. The molecule has 2 rings (SSSR count). The first-order valence-electron chi connectivity index (χ1n) is 8.99. The van der Waals surface area contributed by atoms with Crippen LogP contribution in [0.2, 0.25) is 0 Å². The maximum atomic E-state index is 5.65. The number of pyridine rings is 1. The maximum absolute atomic E-state index is 5.65. The number of aliphatic imine (C=N–C) groups is 1.